The Kier molecular flexibility index (Phi) is 13.7. The lowest BCUT2D eigenvalue weighted by Gasteiger charge is -2.26. The highest BCUT2D eigenvalue weighted by atomic mass is 79.9. The summed E-state index contributed by atoms with van der Waals surface area (Å²) < 4.78 is 6.13. The minimum absolute atomic E-state index is 0.0342. The molecule has 2 N–H and O–H groups in total. The van der Waals surface area contributed by atoms with Crippen molar-refractivity contribution in [3.63, 3.8) is 0 Å². The number of phenolic OH excluding ortho intramolecular Hbond substituents is 1. The smallest absolute Gasteiger partial charge is 0.295 e. The predicted octanol–water partition coefficient (Wildman–Crippen LogP) is 9.07. The van der Waals surface area contributed by atoms with Crippen LogP contribution >= 0.6 is 15.9 Å². The van der Waals surface area contributed by atoms with Crippen molar-refractivity contribution in [3.8, 4) is 11.5 Å². The van der Waals surface area contributed by atoms with Crippen LogP contribution in [0, 0.1) is 0 Å². The van der Waals surface area contributed by atoms with Gasteiger partial charge in [-0.3, -0.25) is 9.59 Å². The van der Waals surface area contributed by atoms with E-state index >= 15 is 0 Å². The summed E-state index contributed by atoms with van der Waals surface area (Å²) in [5.74, 6) is -1.32. The maximum atomic E-state index is 13.3. The van der Waals surface area contributed by atoms with Gasteiger partial charge in [0.25, 0.3) is 11.7 Å². The molecule has 1 amide bonds. The molecule has 1 aliphatic heterocycles. The molecule has 6 nitrogen and oxygen atoms in total. The Morgan fingerprint density at radius 2 is 1.37 bits per heavy atom. The number of Topliss-reactive ketones (excluding diaryl/α,β-unsaturated/α-hetero) is 1. The summed E-state index contributed by atoms with van der Waals surface area (Å²) in [5.41, 5.74) is 1.11. The van der Waals surface area contributed by atoms with Gasteiger partial charge in [0, 0.05) is 16.6 Å². The van der Waals surface area contributed by atoms with Gasteiger partial charge in [0.2, 0.25) is 0 Å². The number of aliphatic hydroxyl groups is 1. The number of aliphatic hydroxyl groups excluding tert-OH is 1. The van der Waals surface area contributed by atoms with Crippen LogP contribution in [0.4, 0.5) is 0 Å². The number of amides is 1. The van der Waals surface area contributed by atoms with E-state index in [9.17, 15) is 19.8 Å². The minimum Gasteiger partial charge on any atom is -0.507 e. The lowest BCUT2D eigenvalue weighted by molar-refractivity contribution is -0.139. The van der Waals surface area contributed by atoms with Crippen LogP contribution in [0.3, 0.4) is 0 Å². The first-order valence-electron chi connectivity index (χ1n) is 15.3. The minimum atomic E-state index is -0.768. The molecular formula is C34H46BrNO5. The second-order valence-electron chi connectivity index (χ2n) is 11.0. The fraction of sp³-hybridized carbons (Fsp3) is 0.529. The quantitative estimate of drug-likeness (QED) is 0.0745. The fourth-order valence-electron chi connectivity index (χ4n) is 5.56. The van der Waals surface area contributed by atoms with E-state index in [0.29, 0.717) is 17.7 Å². The Hall–Kier alpha value is -2.80. The van der Waals surface area contributed by atoms with Crippen LogP contribution in [0.25, 0.3) is 5.76 Å². The monoisotopic (exact) mass is 627 g/mol. The lowest BCUT2D eigenvalue weighted by Crippen LogP contribution is -2.30. The maximum Gasteiger partial charge on any atom is 0.295 e. The number of ether oxygens (including phenoxy) is 1. The topological polar surface area (TPSA) is 87.1 Å². The second kappa shape index (κ2) is 17.2. The van der Waals surface area contributed by atoms with Gasteiger partial charge in [-0.25, -0.2) is 0 Å². The Bertz CT molecular complexity index is 1160. The molecule has 41 heavy (non-hydrogen) atoms. The van der Waals surface area contributed by atoms with Crippen molar-refractivity contribution in [2.75, 3.05) is 13.7 Å². The standard InChI is InChI=1S/C34H46BrNO5/c1-3-4-5-6-7-8-9-10-11-12-13-14-15-16-23-36-31(26-19-22-28(37)29(24-26)41-2)30(33(39)34(36)40)32(38)25-17-20-27(35)21-18-25/h17-22,24,31,37-38H,3-16,23H2,1-2H3/t31-/m1/s1. The van der Waals surface area contributed by atoms with E-state index in [4.69, 9.17) is 4.74 Å². The zero-order chi connectivity index (χ0) is 29.6. The van der Waals surface area contributed by atoms with Crippen molar-refractivity contribution in [2.45, 2.75) is 103 Å². The first-order chi connectivity index (χ1) is 19.9. The maximum absolute atomic E-state index is 13.3. The highest BCUT2D eigenvalue weighted by Crippen LogP contribution is 2.42. The molecule has 7 heteroatoms. The van der Waals surface area contributed by atoms with Gasteiger partial charge in [0.1, 0.15) is 5.76 Å². The molecule has 2 aromatic rings. The Morgan fingerprint density at radius 3 is 1.90 bits per heavy atom. The molecule has 1 aliphatic rings. The van der Waals surface area contributed by atoms with Gasteiger partial charge < -0.3 is 19.8 Å². The van der Waals surface area contributed by atoms with Gasteiger partial charge in [0.05, 0.1) is 18.7 Å². The summed E-state index contributed by atoms with van der Waals surface area (Å²) in [4.78, 5) is 28.0. The van der Waals surface area contributed by atoms with Crippen LogP contribution < -0.4 is 4.74 Å². The number of rotatable bonds is 18. The molecule has 1 saturated heterocycles. The lowest BCUT2D eigenvalue weighted by atomic mass is 9.95. The summed E-state index contributed by atoms with van der Waals surface area (Å²) in [6.45, 7) is 2.66. The number of nitrogens with zero attached hydrogens (tertiary/aromatic N) is 1. The number of halogens is 1. The number of benzene rings is 2. The van der Waals surface area contributed by atoms with Crippen molar-refractivity contribution in [1.29, 1.82) is 0 Å². The normalized spacial score (nSPS) is 16.5. The highest BCUT2D eigenvalue weighted by molar-refractivity contribution is 9.10. The molecule has 0 aliphatic carbocycles. The third-order valence-electron chi connectivity index (χ3n) is 7.93. The molecule has 2 aromatic carbocycles. The molecule has 1 heterocycles. The van der Waals surface area contributed by atoms with Crippen molar-refractivity contribution in [3.05, 3.63) is 63.6 Å². The van der Waals surface area contributed by atoms with Gasteiger partial charge in [0.15, 0.2) is 11.5 Å². The number of unbranched alkanes of at least 4 members (excludes halogenated alkanes) is 13. The number of carbonyl (C=O) groups excluding carboxylic acids is 2. The molecule has 1 fully saturated rings. The average molecular weight is 629 g/mol. The SMILES string of the molecule is CCCCCCCCCCCCCCCCN1C(=O)C(=O)C(=C(O)c2ccc(Br)cc2)[C@H]1c1ccc(O)c(OC)c1. The Morgan fingerprint density at radius 1 is 0.829 bits per heavy atom. The molecular weight excluding hydrogens is 582 g/mol. The highest BCUT2D eigenvalue weighted by Gasteiger charge is 2.46. The van der Waals surface area contributed by atoms with E-state index in [-0.39, 0.29) is 22.8 Å². The van der Waals surface area contributed by atoms with E-state index in [1.807, 2.05) is 0 Å². The van der Waals surface area contributed by atoms with Gasteiger partial charge in [-0.1, -0.05) is 125 Å². The average Bonchev–Trinajstić information content (AvgIpc) is 3.22. The van der Waals surface area contributed by atoms with Crippen molar-refractivity contribution >= 4 is 33.4 Å². The summed E-state index contributed by atoms with van der Waals surface area (Å²) in [6, 6.07) is 11.0. The number of aromatic hydroxyl groups is 1. The first-order valence-corrected chi connectivity index (χ1v) is 16.1. The van der Waals surface area contributed by atoms with E-state index in [1.165, 1.54) is 83.8 Å². The van der Waals surface area contributed by atoms with Crippen LogP contribution in [0.2, 0.25) is 0 Å². The number of carbonyl (C=O) groups is 2. The zero-order valence-corrected chi connectivity index (χ0v) is 26.3. The molecule has 224 valence electrons. The molecule has 1 atom stereocenters. The molecule has 0 saturated carbocycles. The van der Waals surface area contributed by atoms with Crippen LogP contribution in [-0.2, 0) is 9.59 Å². The second-order valence-corrected chi connectivity index (χ2v) is 11.9. The van der Waals surface area contributed by atoms with Crippen LogP contribution in [0.5, 0.6) is 11.5 Å². The van der Waals surface area contributed by atoms with E-state index in [0.717, 1.165) is 23.7 Å². The van der Waals surface area contributed by atoms with E-state index in [1.54, 1.807) is 41.3 Å². The third kappa shape index (κ3) is 9.35. The number of hydrogen-bond acceptors (Lipinski definition) is 5. The molecule has 0 spiro atoms. The summed E-state index contributed by atoms with van der Waals surface area (Å²) in [5, 5.41) is 21.3. The third-order valence-corrected chi connectivity index (χ3v) is 8.46. The number of phenols is 1. The summed E-state index contributed by atoms with van der Waals surface area (Å²) in [6.07, 6.45) is 17.3. The van der Waals surface area contributed by atoms with Gasteiger partial charge in [-0.15, -0.1) is 0 Å². The largest absolute Gasteiger partial charge is 0.507 e. The Labute approximate surface area is 253 Å². The number of likely N-dealkylation sites (tertiary alicyclic amines) is 1. The zero-order valence-electron chi connectivity index (χ0n) is 24.7. The first kappa shape index (κ1) is 32.7. The van der Waals surface area contributed by atoms with Crippen molar-refractivity contribution < 1.29 is 24.5 Å². The number of hydrogen-bond donors (Lipinski definition) is 2. The van der Waals surface area contributed by atoms with Gasteiger partial charge >= 0.3 is 0 Å². The number of methoxy groups -OCH3 is 1. The van der Waals surface area contributed by atoms with Crippen LogP contribution in [0.1, 0.15) is 114 Å². The van der Waals surface area contributed by atoms with Gasteiger partial charge in [-0.2, -0.15) is 0 Å². The predicted molar refractivity (Wildman–Crippen MR) is 168 cm³/mol. The summed E-state index contributed by atoms with van der Waals surface area (Å²) in [7, 11) is 1.45. The fourth-order valence-corrected chi connectivity index (χ4v) is 5.83. The van der Waals surface area contributed by atoms with Gasteiger partial charge in [-0.05, 0) is 36.2 Å². The van der Waals surface area contributed by atoms with Crippen LogP contribution in [-0.4, -0.2) is 40.5 Å². The number of ketones is 1. The summed E-state index contributed by atoms with van der Waals surface area (Å²) >= 11 is 3.39. The molecule has 0 aromatic heterocycles. The van der Waals surface area contributed by atoms with Crippen molar-refractivity contribution in [1.82, 2.24) is 4.90 Å². The Balaban J connectivity index is 1.59. The molecule has 0 radical (unpaired) electrons. The van der Waals surface area contributed by atoms with E-state index < -0.39 is 17.7 Å². The van der Waals surface area contributed by atoms with Crippen LogP contribution in [0.15, 0.2) is 52.5 Å². The van der Waals surface area contributed by atoms with Crippen molar-refractivity contribution in [2.24, 2.45) is 0 Å². The molecule has 0 bridgehead atoms. The molecule has 3 rings (SSSR count). The van der Waals surface area contributed by atoms with E-state index in [2.05, 4.69) is 22.9 Å². The molecule has 0 unspecified atom stereocenters.